The van der Waals surface area contributed by atoms with Crippen molar-refractivity contribution in [1.82, 2.24) is 9.97 Å². The number of aromatic nitrogens is 2. The van der Waals surface area contributed by atoms with Gasteiger partial charge < -0.3 is 21.4 Å². The van der Waals surface area contributed by atoms with E-state index in [0.717, 1.165) is 22.3 Å². The van der Waals surface area contributed by atoms with Gasteiger partial charge in [-0.3, -0.25) is 0 Å². The number of nitrogens with two attached hydrogens (primary N) is 1. The lowest BCUT2D eigenvalue weighted by Crippen LogP contribution is -2.96. The molecule has 0 saturated carbocycles. The van der Waals surface area contributed by atoms with Crippen LogP contribution in [0.25, 0.3) is 28.1 Å². The standard InChI is InChI=1S/C19H15ClN5O2/c1-10-6-12(4-3-5-21)7-11(2)16(10)14-8-13(25(26)27)9-15-17(14)23-19(20)24-18(15)22/h3-4,6-9,25H,1-2H3,(H2,22,23,24)/q-1/b4-3+. The van der Waals surface area contributed by atoms with Crippen molar-refractivity contribution in [3.8, 4) is 17.2 Å². The molecule has 0 radical (unpaired) electrons. The Morgan fingerprint density at radius 2 is 1.81 bits per heavy atom. The minimum absolute atomic E-state index is 0.0219. The summed E-state index contributed by atoms with van der Waals surface area (Å²) in [6, 6.07) is 8.65. The summed E-state index contributed by atoms with van der Waals surface area (Å²) in [4.78, 5) is 8.18. The van der Waals surface area contributed by atoms with Crippen molar-refractivity contribution in [1.29, 1.82) is 5.26 Å². The first-order chi connectivity index (χ1) is 12.8. The molecule has 0 unspecified atom stereocenters. The lowest BCUT2D eigenvalue weighted by Gasteiger charge is -2.26. The van der Waals surface area contributed by atoms with E-state index in [4.69, 9.17) is 22.6 Å². The van der Waals surface area contributed by atoms with Crippen LogP contribution in [-0.2, 0) is 0 Å². The van der Waals surface area contributed by atoms with Crippen LogP contribution in [0.1, 0.15) is 16.7 Å². The highest BCUT2D eigenvalue weighted by atomic mass is 35.5. The third kappa shape index (κ3) is 3.60. The van der Waals surface area contributed by atoms with Gasteiger partial charge in [0.15, 0.2) is 0 Å². The maximum Gasteiger partial charge on any atom is 0.224 e. The minimum atomic E-state index is -1.32. The topological polar surface area (TPSA) is 126 Å². The summed E-state index contributed by atoms with van der Waals surface area (Å²) < 4.78 is 0. The highest BCUT2D eigenvalue weighted by molar-refractivity contribution is 6.29. The summed E-state index contributed by atoms with van der Waals surface area (Å²) in [5.74, 6) is 0.0956. The highest BCUT2D eigenvalue weighted by Gasteiger charge is 2.17. The van der Waals surface area contributed by atoms with Crippen molar-refractivity contribution in [2.24, 2.45) is 0 Å². The van der Waals surface area contributed by atoms with Crippen LogP contribution < -0.4 is 11.0 Å². The Morgan fingerprint density at radius 1 is 1.15 bits per heavy atom. The molecule has 0 bridgehead atoms. The molecular weight excluding hydrogens is 366 g/mol. The summed E-state index contributed by atoms with van der Waals surface area (Å²) >= 11 is 5.98. The molecule has 8 heteroatoms. The van der Waals surface area contributed by atoms with Crippen molar-refractivity contribution in [2.75, 3.05) is 5.73 Å². The second-order valence-corrected chi connectivity index (χ2v) is 6.42. The zero-order valence-corrected chi connectivity index (χ0v) is 15.3. The smallest absolute Gasteiger partial charge is 0.224 e. The Kier molecular flexibility index (Phi) is 5.08. The first-order valence-corrected chi connectivity index (χ1v) is 8.35. The predicted octanol–water partition coefficient (Wildman–Crippen LogP) is 3.20. The number of hydrogen-bond acceptors (Lipinski definition) is 6. The second kappa shape index (κ2) is 7.31. The van der Waals surface area contributed by atoms with Crippen molar-refractivity contribution in [3.63, 3.8) is 0 Å². The Balaban J connectivity index is 2.37. The van der Waals surface area contributed by atoms with Crippen LogP contribution >= 0.6 is 11.6 Å². The van der Waals surface area contributed by atoms with Crippen molar-refractivity contribution < 1.29 is 5.23 Å². The first kappa shape index (κ1) is 18.8. The fourth-order valence-electron chi connectivity index (χ4n) is 3.19. The second-order valence-electron chi connectivity index (χ2n) is 6.08. The van der Waals surface area contributed by atoms with E-state index in [0.29, 0.717) is 16.5 Å². The molecule has 0 saturated heterocycles. The zero-order valence-electron chi connectivity index (χ0n) is 14.6. The number of nitrogens with zero attached hydrogens (tertiary/aromatic N) is 3. The maximum atomic E-state index is 11.5. The van der Waals surface area contributed by atoms with Gasteiger partial charge in [0.1, 0.15) is 11.5 Å². The normalized spacial score (nSPS) is 11.4. The molecule has 0 spiro atoms. The molecule has 0 aliphatic heterocycles. The van der Waals surface area contributed by atoms with Gasteiger partial charge in [0.05, 0.1) is 11.6 Å². The number of benzene rings is 2. The van der Waals surface area contributed by atoms with Crippen LogP contribution in [0.2, 0.25) is 5.28 Å². The molecule has 0 amide bonds. The zero-order chi connectivity index (χ0) is 19.7. The molecule has 2 aromatic carbocycles. The molecule has 1 heterocycles. The number of quaternary nitrogens is 1. The van der Waals surface area contributed by atoms with Crippen LogP contribution in [0.15, 0.2) is 30.3 Å². The first-order valence-electron chi connectivity index (χ1n) is 7.97. The average Bonchev–Trinajstić information content (AvgIpc) is 2.59. The summed E-state index contributed by atoms with van der Waals surface area (Å²) in [7, 11) is 0. The van der Waals surface area contributed by atoms with Crippen molar-refractivity contribution in [2.45, 2.75) is 13.8 Å². The summed E-state index contributed by atoms with van der Waals surface area (Å²) in [5.41, 5.74) is 10.4. The van der Waals surface area contributed by atoms with Crippen LogP contribution in [0, 0.1) is 35.6 Å². The Morgan fingerprint density at radius 3 is 2.41 bits per heavy atom. The number of fused-ring (bicyclic) bond motifs is 1. The fourth-order valence-corrected chi connectivity index (χ4v) is 3.36. The average molecular weight is 381 g/mol. The van der Waals surface area contributed by atoms with Crippen LogP contribution in [0.5, 0.6) is 0 Å². The van der Waals surface area contributed by atoms with E-state index in [1.54, 1.807) is 6.08 Å². The number of anilines is 1. The van der Waals surface area contributed by atoms with Gasteiger partial charge in [-0.25, -0.2) is 9.97 Å². The monoisotopic (exact) mass is 380 g/mol. The highest BCUT2D eigenvalue weighted by Crippen LogP contribution is 2.36. The third-order valence-electron chi connectivity index (χ3n) is 4.21. The lowest BCUT2D eigenvalue weighted by molar-refractivity contribution is -0.715. The van der Waals surface area contributed by atoms with E-state index in [-0.39, 0.29) is 16.8 Å². The van der Waals surface area contributed by atoms with Gasteiger partial charge in [0, 0.05) is 29.2 Å². The molecule has 3 aromatic rings. The Labute approximate surface area is 160 Å². The SMILES string of the molecule is Cc1cc(/C=C/C#N)cc(C)c1-c1cc([NH+]([O-])[O-])cc2c(N)nc(Cl)nc12. The quantitative estimate of drug-likeness (QED) is 0.408. The van der Waals surface area contributed by atoms with Gasteiger partial charge in [-0.05, 0) is 53.8 Å². The number of halogens is 1. The maximum absolute atomic E-state index is 11.5. The van der Waals surface area contributed by atoms with Gasteiger partial charge in [-0.1, -0.05) is 12.1 Å². The summed E-state index contributed by atoms with van der Waals surface area (Å²) in [6.07, 6.45) is 3.10. The molecule has 0 fully saturated rings. The van der Waals surface area contributed by atoms with Gasteiger partial charge in [-0.15, -0.1) is 0 Å². The number of aryl methyl sites for hydroxylation is 2. The largest absolute Gasteiger partial charge is 0.628 e. The summed E-state index contributed by atoms with van der Waals surface area (Å²) in [5, 5.41) is 30.7. The van der Waals surface area contributed by atoms with Crippen LogP contribution in [0.3, 0.4) is 0 Å². The van der Waals surface area contributed by atoms with E-state index in [2.05, 4.69) is 9.97 Å². The van der Waals surface area contributed by atoms with Crippen LogP contribution in [-0.4, -0.2) is 9.97 Å². The Bertz CT molecular complexity index is 1100. The molecule has 1 aromatic heterocycles. The van der Waals surface area contributed by atoms with Gasteiger partial charge in [0.2, 0.25) is 5.28 Å². The molecule has 3 N–H and O–H groups in total. The van der Waals surface area contributed by atoms with E-state index in [1.807, 2.05) is 32.0 Å². The third-order valence-corrected chi connectivity index (χ3v) is 4.38. The molecule has 3 rings (SSSR count). The van der Waals surface area contributed by atoms with E-state index in [1.165, 1.54) is 18.2 Å². The van der Waals surface area contributed by atoms with Crippen LogP contribution in [0.4, 0.5) is 11.5 Å². The van der Waals surface area contributed by atoms with E-state index in [9.17, 15) is 10.4 Å². The van der Waals surface area contributed by atoms with E-state index >= 15 is 0 Å². The molecular formula is C19H15ClN5O2-. The van der Waals surface area contributed by atoms with Crippen molar-refractivity contribution >= 4 is 40.1 Å². The number of nitrogen functional groups attached to an aromatic ring is 1. The molecule has 136 valence electrons. The predicted molar refractivity (Wildman–Crippen MR) is 106 cm³/mol. The number of hydrogen-bond donors (Lipinski definition) is 2. The molecule has 0 aliphatic carbocycles. The molecule has 7 nitrogen and oxygen atoms in total. The fraction of sp³-hybridized carbons (Fsp3) is 0.105. The number of rotatable bonds is 3. The number of allylic oxidation sites excluding steroid dienone is 1. The Hall–Kier alpha value is -3.02. The summed E-state index contributed by atoms with van der Waals surface area (Å²) in [6.45, 7) is 3.80. The van der Waals surface area contributed by atoms with Gasteiger partial charge in [-0.2, -0.15) is 5.26 Å². The minimum Gasteiger partial charge on any atom is -0.628 e. The number of nitriles is 1. The molecule has 0 atom stereocenters. The number of nitrogens with one attached hydrogen (secondary N) is 1. The molecule has 27 heavy (non-hydrogen) atoms. The van der Waals surface area contributed by atoms with Gasteiger partial charge in [0.25, 0.3) is 0 Å². The van der Waals surface area contributed by atoms with Gasteiger partial charge >= 0.3 is 0 Å². The lowest BCUT2D eigenvalue weighted by atomic mass is 9.91. The molecule has 0 aliphatic rings. The van der Waals surface area contributed by atoms with E-state index < -0.39 is 5.23 Å². The van der Waals surface area contributed by atoms with Crippen molar-refractivity contribution in [3.05, 3.63) is 62.7 Å².